The number of benzene rings is 1. The quantitative estimate of drug-likeness (QED) is 0.836. The minimum atomic E-state index is -0.429. The number of aromatic amines is 1. The number of halogens is 2. The normalized spacial score (nSPS) is 10.4. The fourth-order valence-corrected chi connectivity index (χ4v) is 1.50. The molecule has 0 aliphatic rings. The number of carbonyl (C=O) groups is 1. The third-order valence-corrected chi connectivity index (χ3v) is 2.48. The zero-order valence-corrected chi connectivity index (χ0v) is 8.96. The number of aromatic nitrogens is 2. The summed E-state index contributed by atoms with van der Waals surface area (Å²) in [5.74, 6) is -0.632. The topological polar surface area (TPSA) is 45.8 Å². The lowest BCUT2D eigenvalue weighted by Crippen LogP contribution is -2.04. The van der Waals surface area contributed by atoms with Gasteiger partial charge in [0.2, 0.25) is 0 Å². The fraction of sp³-hybridized carbons (Fsp3) is 0.0909. The Morgan fingerprint density at radius 2 is 2.31 bits per heavy atom. The van der Waals surface area contributed by atoms with Crippen molar-refractivity contribution in [2.75, 3.05) is 0 Å². The maximum absolute atomic E-state index is 12.9. The Morgan fingerprint density at radius 1 is 1.50 bits per heavy atom. The van der Waals surface area contributed by atoms with Crippen LogP contribution < -0.4 is 0 Å². The molecular formula is C11H8ClFN2O. The summed E-state index contributed by atoms with van der Waals surface area (Å²) >= 11 is 5.78. The van der Waals surface area contributed by atoms with Crippen LogP contribution in [0.4, 0.5) is 4.39 Å². The van der Waals surface area contributed by atoms with Crippen LogP contribution in [0.5, 0.6) is 0 Å². The first-order valence-electron chi connectivity index (χ1n) is 4.63. The Balaban J connectivity index is 2.18. The SMILES string of the molecule is O=C(Cc1[nH]ncc1Cl)c1cccc(F)c1. The second kappa shape index (κ2) is 4.45. The van der Waals surface area contributed by atoms with Crippen LogP contribution in [0.2, 0.25) is 5.02 Å². The maximum atomic E-state index is 12.9. The van der Waals surface area contributed by atoms with Crippen molar-refractivity contribution < 1.29 is 9.18 Å². The molecule has 1 aromatic heterocycles. The minimum absolute atomic E-state index is 0.0856. The molecule has 1 heterocycles. The second-order valence-electron chi connectivity index (χ2n) is 3.31. The first-order chi connectivity index (χ1) is 7.66. The minimum Gasteiger partial charge on any atom is -0.294 e. The van der Waals surface area contributed by atoms with Crippen molar-refractivity contribution in [2.24, 2.45) is 0 Å². The summed E-state index contributed by atoms with van der Waals surface area (Å²) in [7, 11) is 0. The number of rotatable bonds is 3. The van der Waals surface area contributed by atoms with E-state index in [9.17, 15) is 9.18 Å². The zero-order chi connectivity index (χ0) is 11.5. The third kappa shape index (κ3) is 2.28. The smallest absolute Gasteiger partial charge is 0.168 e. The number of hydrogen-bond acceptors (Lipinski definition) is 2. The largest absolute Gasteiger partial charge is 0.294 e. The summed E-state index contributed by atoms with van der Waals surface area (Å²) in [6.07, 6.45) is 1.51. The molecule has 82 valence electrons. The molecule has 0 spiro atoms. The van der Waals surface area contributed by atoms with Crippen LogP contribution >= 0.6 is 11.6 Å². The summed E-state index contributed by atoms with van der Waals surface area (Å²) in [6, 6.07) is 5.55. The van der Waals surface area contributed by atoms with Gasteiger partial charge >= 0.3 is 0 Å². The number of hydrogen-bond donors (Lipinski definition) is 1. The molecule has 0 aliphatic heterocycles. The van der Waals surface area contributed by atoms with Crippen molar-refractivity contribution in [3.63, 3.8) is 0 Å². The van der Waals surface area contributed by atoms with E-state index in [4.69, 9.17) is 11.6 Å². The van der Waals surface area contributed by atoms with Gasteiger partial charge in [-0.3, -0.25) is 9.89 Å². The summed E-state index contributed by atoms with van der Waals surface area (Å²) in [6.45, 7) is 0. The molecule has 0 atom stereocenters. The molecule has 2 aromatic rings. The Labute approximate surface area is 96.2 Å². The van der Waals surface area contributed by atoms with E-state index in [-0.39, 0.29) is 12.2 Å². The molecule has 0 saturated carbocycles. The van der Waals surface area contributed by atoms with Crippen LogP contribution in [0.25, 0.3) is 0 Å². The first kappa shape index (κ1) is 10.8. The Hall–Kier alpha value is -1.68. The number of carbonyl (C=O) groups excluding carboxylic acids is 1. The lowest BCUT2D eigenvalue weighted by Gasteiger charge is -1.99. The van der Waals surface area contributed by atoms with Gasteiger partial charge in [-0.05, 0) is 12.1 Å². The van der Waals surface area contributed by atoms with Crippen molar-refractivity contribution in [1.29, 1.82) is 0 Å². The van der Waals surface area contributed by atoms with E-state index < -0.39 is 5.82 Å². The van der Waals surface area contributed by atoms with Gasteiger partial charge in [-0.1, -0.05) is 23.7 Å². The van der Waals surface area contributed by atoms with Crippen molar-refractivity contribution in [3.8, 4) is 0 Å². The van der Waals surface area contributed by atoms with Gasteiger partial charge in [-0.25, -0.2) is 4.39 Å². The number of nitrogens with one attached hydrogen (secondary N) is 1. The summed E-state index contributed by atoms with van der Waals surface area (Å²) in [4.78, 5) is 11.7. The van der Waals surface area contributed by atoms with E-state index in [0.29, 0.717) is 16.3 Å². The highest BCUT2D eigenvalue weighted by Crippen LogP contribution is 2.14. The molecule has 0 bridgehead atoms. The molecule has 2 rings (SSSR count). The highest BCUT2D eigenvalue weighted by atomic mass is 35.5. The van der Waals surface area contributed by atoms with Crippen LogP contribution in [-0.4, -0.2) is 16.0 Å². The Bertz CT molecular complexity index is 524. The molecular weight excluding hydrogens is 231 g/mol. The summed E-state index contributed by atoms with van der Waals surface area (Å²) in [5.41, 5.74) is 0.863. The summed E-state index contributed by atoms with van der Waals surface area (Å²) in [5, 5.41) is 6.73. The van der Waals surface area contributed by atoms with Gasteiger partial charge in [0.15, 0.2) is 5.78 Å². The van der Waals surface area contributed by atoms with Crippen LogP contribution in [0.15, 0.2) is 30.5 Å². The van der Waals surface area contributed by atoms with Gasteiger partial charge in [-0.15, -0.1) is 0 Å². The molecule has 0 radical (unpaired) electrons. The van der Waals surface area contributed by atoms with Crippen molar-refractivity contribution in [1.82, 2.24) is 10.2 Å². The van der Waals surface area contributed by atoms with Crippen molar-refractivity contribution in [3.05, 3.63) is 52.6 Å². The molecule has 0 amide bonds. The van der Waals surface area contributed by atoms with E-state index in [1.165, 1.54) is 24.4 Å². The average molecular weight is 239 g/mol. The highest BCUT2D eigenvalue weighted by molar-refractivity contribution is 6.31. The lowest BCUT2D eigenvalue weighted by atomic mass is 10.1. The van der Waals surface area contributed by atoms with Crippen molar-refractivity contribution in [2.45, 2.75) is 6.42 Å². The second-order valence-corrected chi connectivity index (χ2v) is 3.71. The number of ketones is 1. The van der Waals surface area contributed by atoms with E-state index in [0.717, 1.165) is 0 Å². The molecule has 1 N–H and O–H groups in total. The standard InChI is InChI=1S/C11H8ClFN2O/c12-9-6-14-15-10(9)5-11(16)7-2-1-3-8(13)4-7/h1-4,6H,5H2,(H,14,15). The number of Topliss-reactive ketones (excluding diaryl/α,β-unsaturated/α-hetero) is 1. The molecule has 5 heteroatoms. The van der Waals surface area contributed by atoms with Gasteiger partial charge in [0.1, 0.15) is 5.82 Å². The monoisotopic (exact) mass is 238 g/mol. The summed E-state index contributed by atoms with van der Waals surface area (Å²) < 4.78 is 12.9. The van der Waals surface area contributed by atoms with E-state index >= 15 is 0 Å². The van der Waals surface area contributed by atoms with Crippen LogP contribution in [0, 0.1) is 5.82 Å². The van der Waals surface area contributed by atoms with Crippen LogP contribution in [0.1, 0.15) is 16.1 Å². The van der Waals surface area contributed by atoms with Gasteiger partial charge in [0, 0.05) is 5.56 Å². The van der Waals surface area contributed by atoms with Crippen LogP contribution in [0.3, 0.4) is 0 Å². The van der Waals surface area contributed by atoms with Gasteiger partial charge in [0.05, 0.1) is 23.3 Å². The van der Waals surface area contributed by atoms with E-state index in [2.05, 4.69) is 10.2 Å². The predicted octanol–water partition coefficient (Wildman–Crippen LogP) is 2.63. The number of H-pyrrole nitrogens is 1. The van der Waals surface area contributed by atoms with Gasteiger partial charge in [0.25, 0.3) is 0 Å². The lowest BCUT2D eigenvalue weighted by molar-refractivity contribution is 0.0991. The molecule has 0 saturated heterocycles. The molecule has 3 nitrogen and oxygen atoms in total. The Morgan fingerprint density at radius 3 is 2.94 bits per heavy atom. The highest BCUT2D eigenvalue weighted by Gasteiger charge is 2.11. The predicted molar refractivity (Wildman–Crippen MR) is 58.0 cm³/mol. The van der Waals surface area contributed by atoms with E-state index in [1.807, 2.05) is 0 Å². The van der Waals surface area contributed by atoms with Crippen molar-refractivity contribution >= 4 is 17.4 Å². The van der Waals surface area contributed by atoms with Crippen LogP contribution in [-0.2, 0) is 6.42 Å². The molecule has 1 aromatic carbocycles. The molecule has 16 heavy (non-hydrogen) atoms. The fourth-order valence-electron chi connectivity index (χ4n) is 1.35. The van der Waals surface area contributed by atoms with Gasteiger partial charge < -0.3 is 0 Å². The molecule has 0 unspecified atom stereocenters. The molecule has 0 fully saturated rings. The van der Waals surface area contributed by atoms with Gasteiger partial charge in [-0.2, -0.15) is 5.10 Å². The first-order valence-corrected chi connectivity index (χ1v) is 5.01. The Kier molecular flexibility index (Phi) is 3.01. The number of nitrogens with zero attached hydrogens (tertiary/aromatic N) is 1. The average Bonchev–Trinajstić information content (AvgIpc) is 2.64. The maximum Gasteiger partial charge on any atom is 0.168 e. The van der Waals surface area contributed by atoms with E-state index in [1.54, 1.807) is 6.07 Å². The molecule has 0 aliphatic carbocycles. The zero-order valence-electron chi connectivity index (χ0n) is 8.21. The third-order valence-electron chi connectivity index (χ3n) is 2.15.